The van der Waals surface area contributed by atoms with E-state index in [2.05, 4.69) is 10.6 Å². The average molecular weight is 314 g/mol. The van der Waals surface area contributed by atoms with Gasteiger partial charge in [0.1, 0.15) is 6.04 Å². The summed E-state index contributed by atoms with van der Waals surface area (Å²) in [7, 11) is 1.46. The zero-order chi connectivity index (χ0) is 16.4. The number of carboxylic acids is 1. The molecule has 1 atom stereocenters. The van der Waals surface area contributed by atoms with Crippen molar-refractivity contribution in [2.45, 2.75) is 51.0 Å². The fourth-order valence-electron chi connectivity index (χ4n) is 2.64. The van der Waals surface area contributed by atoms with Crippen LogP contribution >= 0.6 is 0 Å². The Hall–Kier alpha value is -1.63. The molecule has 126 valence electrons. The molecular formula is C15H26N2O5. The summed E-state index contributed by atoms with van der Waals surface area (Å²) in [4.78, 5) is 34.5. The van der Waals surface area contributed by atoms with Crippen molar-refractivity contribution in [2.24, 2.45) is 5.92 Å². The second kappa shape index (κ2) is 10.2. The molecule has 0 spiro atoms. The number of nitrogens with one attached hydrogen (secondary N) is 2. The number of rotatable bonds is 9. The van der Waals surface area contributed by atoms with Gasteiger partial charge in [-0.15, -0.1) is 0 Å². The number of aliphatic carboxylic acids is 1. The molecule has 1 saturated carbocycles. The lowest BCUT2D eigenvalue weighted by molar-refractivity contribution is -0.142. The molecule has 0 aromatic rings. The quantitative estimate of drug-likeness (QED) is 0.580. The molecule has 1 fully saturated rings. The van der Waals surface area contributed by atoms with Gasteiger partial charge in [-0.2, -0.15) is 0 Å². The molecule has 1 unspecified atom stereocenters. The van der Waals surface area contributed by atoms with Gasteiger partial charge in [0, 0.05) is 26.6 Å². The van der Waals surface area contributed by atoms with Gasteiger partial charge >= 0.3 is 5.97 Å². The van der Waals surface area contributed by atoms with E-state index in [9.17, 15) is 14.4 Å². The second-order valence-electron chi connectivity index (χ2n) is 5.72. The van der Waals surface area contributed by atoms with Gasteiger partial charge < -0.3 is 20.5 Å². The van der Waals surface area contributed by atoms with Gasteiger partial charge in [0.05, 0.1) is 6.54 Å². The summed E-state index contributed by atoms with van der Waals surface area (Å²) >= 11 is 0. The molecule has 0 heterocycles. The van der Waals surface area contributed by atoms with Crippen molar-refractivity contribution in [3.05, 3.63) is 0 Å². The Kier molecular flexibility index (Phi) is 8.50. The molecule has 0 aromatic heterocycles. The Morgan fingerprint density at radius 1 is 1.18 bits per heavy atom. The highest BCUT2D eigenvalue weighted by atomic mass is 16.5. The van der Waals surface area contributed by atoms with Crippen molar-refractivity contribution in [3.8, 4) is 0 Å². The Balaban J connectivity index is 2.25. The first-order chi connectivity index (χ1) is 10.5. The van der Waals surface area contributed by atoms with Crippen LogP contribution in [0.5, 0.6) is 0 Å². The van der Waals surface area contributed by atoms with Crippen LogP contribution in [0, 0.1) is 5.92 Å². The monoisotopic (exact) mass is 314 g/mol. The van der Waals surface area contributed by atoms with Crippen LogP contribution in [0.15, 0.2) is 0 Å². The number of hydrogen-bond acceptors (Lipinski definition) is 4. The first-order valence-corrected chi connectivity index (χ1v) is 7.80. The van der Waals surface area contributed by atoms with Gasteiger partial charge in [0.15, 0.2) is 0 Å². The third-order valence-corrected chi connectivity index (χ3v) is 3.89. The standard InChI is InChI=1S/C15H26N2O5/c1-22-8-7-12(15(20)21)17-14(19)10-16-13(18)9-11-5-3-2-4-6-11/h11-12H,2-10H2,1H3,(H,16,18)(H,17,19)(H,20,21). The molecule has 1 aliphatic carbocycles. The molecule has 3 N–H and O–H groups in total. The van der Waals surface area contributed by atoms with E-state index in [1.807, 2.05) is 0 Å². The molecule has 7 nitrogen and oxygen atoms in total. The summed E-state index contributed by atoms with van der Waals surface area (Å²) in [5.41, 5.74) is 0. The maximum atomic E-state index is 11.8. The summed E-state index contributed by atoms with van der Waals surface area (Å²) < 4.78 is 4.80. The molecule has 0 bridgehead atoms. The molecular weight excluding hydrogens is 288 g/mol. The number of methoxy groups -OCH3 is 1. The minimum atomic E-state index is -1.11. The van der Waals surface area contributed by atoms with E-state index in [-0.39, 0.29) is 25.5 Å². The third-order valence-electron chi connectivity index (χ3n) is 3.89. The second-order valence-corrected chi connectivity index (χ2v) is 5.72. The zero-order valence-corrected chi connectivity index (χ0v) is 13.1. The van der Waals surface area contributed by atoms with E-state index >= 15 is 0 Å². The SMILES string of the molecule is COCCC(NC(=O)CNC(=O)CC1CCCCC1)C(=O)O. The number of ether oxygens (including phenoxy) is 1. The van der Waals surface area contributed by atoms with Crippen molar-refractivity contribution in [2.75, 3.05) is 20.3 Å². The van der Waals surface area contributed by atoms with E-state index < -0.39 is 17.9 Å². The molecule has 1 rings (SSSR count). The lowest BCUT2D eigenvalue weighted by atomic mass is 9.87. The van der Waals surface area contributed by atoms with Crippen LogP contribution in [0.4, 0.5) is 0 Å². The summed E-state index contributed by atoms with van der Waals surface area (Å²) in [5.74, 6) is -1.35. The summed E-state index contributed by atoms with van der Waals surface area (Å²) in [6.45, 7) is 0.0492. The van der Waals surface area contributed by atoms with Crippen LogP contribution in [-0.4, -0.2) is 49.2 Å². The molecule has 0 aliphatic heterocycles. The van der Waals surface area contributed by atoms with Crippen molar-refractivity contribution >= 4 is 17.8 Å². The minimum absolute atomic E-state index is 0.147. The Bertz CT molecular complexity index is 380. The highest BCUT2D eigenvalue weighted by Gasteiger charge is 2.20. The Morgan fingerprint density at radius 3 is 2.45 bits per heavy atom. The van der Waals surface area contributed by atoms with Gasteiger partial charge in [0.25, 0.3) is 0 Å². The van der Waals surface area contributed by atoms with Crippen LogP contribution in [0.3, 0.4) is 0 Å². The number of amides is 2. The molecule has 2 amide bonds. The fraction of sp³-hybridized carbons (Fsp3) is 0.800. The summed E-state index contributed by atoms with van der Waals surface area (Å²) in [6.07, 6.45) is 6.33. The molecule has 7 heteroatoms. The smallest absolute Gasteiger partial charge is 0.326 e. The van der Waals surface area contributed by atoms with Crippen molar-refractivity contribution < 1.29 is 24.2 Å². The lowest BCUT2D eigenvalue weighted by Crippen LogP contribution is -2.46. The maximum absolute atomic E-state index is 11.8. The van der Waals surface area contributed by atoms with E-state index in [0.29, 0.717) is 12.3 Å². The van der Waals surface area contributed by atoms with Crippen LogP contribution in [0.25, 0.3) is 0 Å². The predicted octanol–water partition coefficient (Wildman–Crippen LogP) is 0.679. The van der Waals surface area contributed by atoms with Crippen LogP contribution < -0.4 is 10.6 Å². The third kappa shape index (κ3) is 7.40. The highest BCUT2D eigenvalue weighted by Crippen LogP contribution is 2.25. The first kappa shape index (κ1) is 18.4. The van der Waals surface area contributed by atoms with Gasteiger partial charge in [-0.05, 0) is 18.8 Å². The van der Waals surface area contributed by atoms with Crippen molar-refractivity contribution in [1.82, 2.24) is 10.6 Å². The molecule has 1 aliphatic rings. The van der Waals surface area contributed by atoms with E-state index in [1.54, 1.807) is 0 Å². The van der Waals surface area contributed by atoms with Crippen molar-refractivity contribution in [3.63, 3.8) is 0 Å². The van der Waals surface area contributed by atoms with E-state index in [4.69, 9.17) is 9.84 Å². The van der Waals surface area contributed by atoms with Crippen LogP contribution in [0.1, 0.15) is 44.9 Å². The largest absolute Gasteiger partial charge is 0.480 e. The minimum Gasteiger partial charge on any atom is -0.480 e. The topological polar surface area (TPSA) is 105 Å². The highest BCUT2D eigenvalue weighted by molar-refractivity contribution is 5.87. The number of carbonyl (C=O) groups excluding carboxylic acids is 2. The fourth-order valence-corrected chi connectivity index (χ4v) is 2.64. The molecule has 0 saturated heterocycles. The van der Waals surface area contributed by atoms with Crippen LogP contribution in [0.2, 0.25) is 0 Å². The first-order valence-electron chi connectivity index (χ1n) is 7.80. The summed E-state index contributed by atoms with van der Waals surface area (Å²) in [6, 6.07) is -0.998. The van der Waals surface area contributed by atoms with Gasteiger partial charge in [-0.1, -0.05) is 19.3 Å². The van der Waals surface area contributed by atoms with Gasteiger partial charge in [-0.3, -0.25) is 9.59 Å². The maximum Gasteiger partial charge on any atom is 0.326 e. The lowest BCUT2D eigenvalue weighted by Gasteiger charge is -2.21. The van der Waals surface area contributed by atoms with Crippen LogP contribution in [-0.2, 0) is 19.1 Å². The average Bonchev–Trinajstić information content (AvgIpc) is 2.50. The summed E-state index contributed by atoms with van der Waals surface area (Å²) in [5, 5.41) is 13.9. The van der Waals surface area contributed by atoms with E-state index in [1.165, 1.54) is 13.5 Å². The van der Waals surface area contributed by atoms with E-state index in [0.717, 1.165) is 25.7 Å². The normalized spacial score (nSPS) is 16.8. The number of carbonyl (C=O) groups is 3. The number of carboxylic acid groups (broad SMARTS) is 1. The molecule has 0 radical (unpaired) electrons. The molecule has 22 heavy (non-hydrogen) atoms. The Labute approximate surface area is 130 Å². The number of hydrogen-bond donors (Lipinski definition) is 3. The zero-order valence-electron chi connectivity index (χ0n) is 13.1. The predicted molar refractivity (Wildman–Crippen MR) is 80.3 cm³/mol. The molecule has 0 aromatic carbocycles. The Morgan fingerprint density at radius 2 is 1.86 bits per heavy atom. The van der Waals surface area contributed by atoms with Gasteiger partial charge in [0.2, 0.25) is 11.8 Å². The van der Waals surface area contributed by atoms with Gasteiger partial charge in [-0.25, -0.2) is 4.79 Å². The van der Waals surface area contributed by atoms with Crippen molar-refractivity contribution in [1.29, 1.82) is 0 Å².